The van der Waals surface area contributed by atoms with E-state index in [-0.39, 0.29) is 17.3 Å². The van der Waals surface area contributed by atoms with E-state index >= 15 is 0 Å². The van der Waals surface area contributed by atoms with Crippen molar-refractivity contribution in [2.75, 3.05) is 13.2 Å². The second-order valence-corrected chi connectivity index (χ2v) is 11.1. The van der Waals surface area contributed by atoms with E-state index < -0.39 is 29.5 Å². The summed E-state index contributed by atoms with van der Waals surface area (Å²) in [4.78, 5) is 9.24. The van der Waals surface area contributed by atoms with Crippen LogP contribution in [0.4, 0.5) is 13.2 Å². The Balaban J connectivity index is 1.76. The maximum atomic E-state index is 13.2. The molecule has 4 atom stereocenters. The molecule has 0 radical (unpaired) electrons. The van der Waals surface area contributed by atoms with Gasteiger partial charge in [0.15, 0.2) is 0 Å². The minimum absolute atomic E-state index is 0.000604. The van der Waals surface area contributed by atoms with Crippen molar-refractivity contribution in [3.63, 3.8) is 0 Å². The molecular weight excluding hydrogens is 445 g/mol. The van der Waals surface area contributed by atoms with E-state index in [1.165, 1.54) is 6.07 Å². The van der Waals surface area contributed by atoms with Gasteiger partial charge in [0.05, 0.1) is 30.6 Å². The smallest absolute Gasteiger partial charge is 0.388 e. The van der Waals surface area contributed by atoms with Crippen LogP contribution in [0.5, 0.6) is 0 Å². The molecule has 184 valence electrons. The first-order valence-electron chi connectivity index (χ1n) is 11.9. The summed E-state index contributed by atoms with van der Waals surface area (Å²) in [5.41, 5.74) is 3.00. The predicted octanol–water partition coefficient (Wildman–Crippen LogP) is 5.61. The van der Waals surface area contributed by atoms with Gasteiger partial charge in [-0.3, -0.25) is 9.97 Å². The zero-order valence-electron chi connectivity index (χ0n) is 20.2. The van der Waals surface area contributed by atoms with E-state index in [0.717, 1.165) is 46.8 Å². The number of rotatable bonds is 2. The number of halogens is 3. The number of fused-ring (bicyclic) bond motifs is 4. The molecule has 5 rings (SSSR count). The van der Waals surface area contributed by atoms with E-state index in [1.807, 2.05) is 0 Å². The van der Waals surface area contributed by atoms with Gasteiger partial charge in [-0.05, 0) is 36.3 Å². The lowest BCUT2D eigenvalue weighted by Crippen LogP contribution is -2.37. The van der Waals surface area contributed by atoms with Gasteiger partial charge in [0, 0.05) is 40.2 Å². The molecule has 2 aromatic rings. The maximum Gasteiger partial charge on any atom is 0.417 e. The highest BCUT2D eigenvalue weighted by Gasteiger charge is 2.57. The van der Waals surface area contributed by atoms with Crippen molar-refractivity contribution in [1.29, 1.82) is 0 Å². The molecule has 2 aromatic heterocycles. The van der Waals surface area contributed by atoms with Crippen LogP contribution in [0.1, 0.15) is 98.5 Å². The average Bonchev–Trinajstić information content (AvgIpc) is 3.27. The summed E-state index contributed by atoms with van der Waals surface area (Å²) >= 11 is 0. The quantitative estimate of drug-likeness (QED) is 0.611. The third-order valence-electron chi connectivity index (χ3n) is 7.53. The number of aliphatic hydroxyl groups excluding tert-OH is 1. The van der Waals surface area contributed by atoms with Crippen molar-refractivity contribution >= 4 is 0 Å². The Bertz CT molecular complexity index is 1110. The number of nitrogens with zero attached hydrogens (tertiary/aromatic N) is 2. The Morgan fingerprint density at radius 1 is 1.18 bits per heavy atom. The van der Waals surface area contributed by atoms with E-state index in [2.05, 4.69) is 39.6 Å². The van der Waals surface area contributed by atoms with Crippen LogP contribution in [-0.2, 0) is 27.7 Å². The molecule has 0 aromatic carbocycles. The van der Waals surface area contributed by atoms with Gasteiger partial charge in [0.1, 0.15) is 11.7 Å². The Kier molecular flexibility index (Phi) is 5.39. The molecule has 1 saturated heterocycles. The lowest BCUT2D eigenvalue weighted by molar-refractivity contribution is -0.137. The molecule has 0 amide bonds. The zero-order chi connectivity index (χ0) is 24.6. The molecule has 0 saturated carbocycles. The molecule has 1 N–H and O–H groups in total. The highest BCUT2D eigenvalue weighted by molar-refractivity contribution is 5.54. The molecule has 34 heavy (non-hydrogen) atoms. The molecule has 3 aliphatic rings. The number of hydrogen-bond donors (Lipinski definition) is 1. The molecule has 1 spiro atoms. The van der Waals surface area contributed by atoms with Gasteiger partial charge in [0.25, 0.3) is 0 Å². The molecule has 1 aliphatic carbocycles. The summed E-state index contributed by atoms with van der Waals surface area (Å²) in [5.74, 6) is 0.0499. The van der Waals surface area contributed by atoms with Crippen molar-refractivity contribution < 1.29 is 27.8 Å². The first-order valence-corrected chi connectivity index (χ1v) is 11.9. The summed E-state index contributed by atoms with van der Waals surface area (Å²) < 4.78 is 52.1. The molecule has 2 aliphatic heterocycles. The highest BCUT2D eigenvalue weighted by atomic mass is 19.4. The van der Waals surface area contributed by atoms with Crippen LogP contribution in [0.3, 0.4) is 0 Å². The van der Waals surface area contributed by atoms with Crippen LogP contribution in [0, 0.1) is 11.3 Å². The van der Waals surface area contributed by atoms with Gasteiger partial charge in [-0.25, -0.2) is 0 Å². The summed E-state index contributed by atoms with van der Waals surface area (Å²) in [6.07, 6.45) is -3.65. The fourth-order valence-electron chi connectivity index (χ4n) is 5.89. The highest BCUT2D eigenvalue weighted by Crippen LogP contribution is 2.58. The lowest BCUT2D eigenvalue weighted by Gasteiger charge is -2.38. The molecule has 4 unspecified atom stereocenters. The molecule has 5 nitrogen and oxygen atoms in total. The van der Waals surface area contributed by atoms with Crippen molar-refractivity contribution in [3.8, 4) is 0 Å². The standard InChI is InChI=1S/C26H31F3N2O3/c1-13(2)22-20-21(19-17(31-22)8-24(4,5)9-18(19)32)25(12-33-11-14(25)3)34-23(20)16-7-6-15(10-30-16)26(27,28)29/h6-7,10,13-14,18,23,32H,8-9,11-12H2,1-5H3. The Labute approximate surface area is 197 Å². The number of pyridine rings is 2. The number of aromatic nitrogens is 2. The summed E-state index contributed by atoms with van der Waals surface area (Å²) in [6, 6.07) is 2.43. The monoisotopic (exact) mass is 476 g/mol. The van der Waals surface area contributed by atoms with Crippen LogP contribution in [0.2, 0.25) is 0 Å². The Morgan fingerprint density at radius 2 is 1.91 bits per heavy atom. The number of ether oxygens (including phenoxy) is 2. The van der Waals surface area contributed by atoms with Crippen LogP contribution < -0.4 is 0 Å². The van der Waals surface area contributed by atoms with E-state index in [9.17, 15) is 18.3 Å². The van der Waals surface area contributed by atoms with Crippen molar-refractivity contribution in [3.05, 3.63) is 57.7 Å². The molecular formula is C26H31F3N2O3. The third kappa shape index (κ3) is 3.57. The van der Waals surface area contributed by atoms with Gasteiger partial charge >= 0.3 is 6.18 Å². The fraction of sp³-hybridized carbons (Fsp3) is 0.615. The predicted molar refractivity (Wildman–Crippen MR) is 119 cm³/mol. The number of alkyl halides is 3. The Hall–Kier alpha value is -2.03. The topological polar surface area (TPSA) is 64.5 Å². The van der Waals surface area contributed by atoms with E-state index in [1.54, 1.807) is 0 Å². The first-order chi connectivity index (χ1) is 15.8. The summed E-state index contributed by atoms with van der Waals surface area (Å²) in [5, 5.41) is 11.3. The number of aliphatic hydroxyl groups is 1. The SMILES string of the molecule is CC(C)c1nc2c(c3c1C(c1ccc(C(F)(F)F)cn1)OC31COCC1C)C(O)CC(C)(C)C2. The maximum absolute atomic E-state index is 13.2. The Morgan fingerprint density at radius 3 is 2.47 bits per heavy atom. The fourth-order valence-corrected chi connectivity index (χ4v) is 5.89. The van der Waals surface area contributed by atoms with Crippen LogP contribution in [0.15, 0.2) is 18.3 Å². The molecule has 1 fully saturated rings. The van der Waals surface area contributed by atoms with Crippen molar-refractivity contribution in [2.45, 2.75) is 77.4 Å². The van der Waals surface area contributed by atoms with Gasteiger partial charge in [-0.15, -0.1) is 0 Å². The van der Waals surface area contributed by atoms with E-state index in [4.69, 9.17) is 14.5 Å². The summed E-state index contributed by atoms with van der Waals surface area (Å²) in [6.45, 7) is 11.2. The van der Waals surface area contributed by atoms with Crippen molar-refractivity contribution in [1.82, 2.24) is 9.97 Å². The van der Waals surface area contributed by atoms with Gasteiger partial charge in [-0.2, -0.15) is 13.2 Å². The first kappa shape index (κ1) is 23.7. The minimum Gasteiger partial charge on any atom is -0.388 e. The molecule has 8 heteroatoms. The molecule has 4 heterocycles. The third-order valence-corrected chi connectivity index (χ3v) is 7.53. The molecule has 0 bridgehead atoms. The van der Waals surface area contributed by atoms with Crippen molar-refractivity contribution in [2.24, 2.45) is 11.3 Å². The van der Waals surface area contributed by atoms with Gasteiger partial charge < -0.3 is 14.6 Å². The van der Waals surface area contributed by atoms with Gasteiger partial charge in [0.2, 0.25) is 0 Å². The summed E-state index contributed by atoms with van der Waals surface area (Å²) in [7, 11) is 0. The van der Waals surface area contributed by atoms with Gasteiger partial charge in [-0.1, -0.05) is 34.6 Å². The van der Waals surface area contributed by atoms with Crippen LogP contribution >= 0.6 is 0 Å². The minimum atomic E-state index is -4.46. The normalized spacial score (nSPS) is 30.1. The van der Waals surface area contributed by atoms with Crippen LogP contribution in [0.25, 0.3) is 0 Å². The second kappa shape index (κ2) is 7.73. The van der Waals surface area contributed by atoms with Crippen LogP contribution in [-0.4, -0.2) is 28.3 Å². The number of hydrogen-bond acceptors (Lipinski definition) is 5. The second-order valence-electron chi connectivity index (χ2n) is 11.1. The lowest BCUT2D eigenvalue weighted by atomic mass is 9.69. The largest absolute Gasteiger partial charge is 0.417 e. The zero-order valence-corrected chi connectivity index (χ0v) is 20.2. The van der Waals surface area contributed by atoms with E-state index in [0.29, 0.717) is 25.3 Å². The average molecular weight is 477 g/mol.